The van der Waals surface area contributed by atoms with Gasteiger partial charge in [0.15, 0.2) is 0 Å². The third-order valence-corrected chi connectivity index (χ3v) is 3.88. The molecule has 0 bridgehead atoms. The van der Waals surface area contributed by atoms with Crippen LogP contribution in [-0.2, 0) is 9.53 Å². The highest BCUT2D eigenvalue weighted by atomic mass is 16.6. The van der Waals surface area contributed by atoms with Crippen molar-refractivity contribution in [1.82, 2.24) is 0 Å². The SMILES string of the molecule is CCOC(=O)C1CCN(c2ccc([N+](=O)[O-])cc2C(=O)O)CC1. The van der Waals surface area contributed by atoms with Gasteiger partial charge in [-0.05, 0) is 25.8 Å². The topological polar surface area (TPSA) is 110 Å². The third-order valence-electron chi connectivity index (χ3n) is 3.88. The van der Waals surface area contributed by atoms with Gasteiger partial charge >= 0.3 is 11.9 Å². The summed E-state index contributed by atoms with van der Waals surface area (Å²) in [5.74, 6) is -1.62. The maximum atomic E-state index is 11.7. The molecule has 8 heteroatoms. The number of nitro benzene ring substituents is 1. The highest BCUT2D eigenvalue weighted by Gasteiger charge is 2.28. The molecule has 1 fully saturated rings. The Morgan fingerprint density at radius 2 is 2.04 bits per heavy atom. The van der Waals surface area contributed by atoms with Crippen LogP contribution in [0.2, 0.25) is 0 Å². The quantitative estimate of drug-likeness (QED) is 0.502. The number of carbonyl (C=O) groups excluding carboxylic acids is 1. The number of aromatic carboxylic acids is 1. The predicted molar refractivity (Wildman–Crippen MR) is 81.6 cm³/mol. The molecule has 1 aromatic rings. The van der Waals surface area contributed by atoms with E-state index in [1.807, 2.05) is 4.90 Å². The van der Waals surface area contributed by atoms with Crippen molar-refractivity contribution in [2.45, 2.75) is 19.8 Å². The minimum Gasteiger partial charge on any atom is -0.478 e. The summed E-state index contributed by atoms with van der Waals surface area (Å²) in [6.07, 6.45) is 1.13. The Balaban J connectivity index is 2.16. The van der Waals surface area contributed by atoms with Crippen molar-refractivity contribution in [1.29, 1.82) is 0 Å². The molecule has 23 heavy (non-hydrogen) atoms. The number of nitro groups is 1. The second-order valence-corrected chi connectivity index (χ2v) is 5.28. The number of benzene rings is 1. The average molecular weight is 322 g/mol. The average Bonchev–Trinajstić information content (AvgIpc) is 2.54. The molecule has 0 unspecified atom stereocenters. The lowest BCUT2D eigenvalue weighted by Crippen LogP contribution is -2.37. The van der Waals surface area contributed by atoms with Crippen molar-refractivity contribution >= 4 is 23.3 Å². The molecule has 0 radical (unpaired) electrons. The number of hydrogen-bond acceptors (Lipinski definition) is 6. The van der Waals surface area contributed by atoms with Crippen molar-refractivity contribution < 1.29 is 24.4 Å². The number of nitrogens with zero attached hydrogens (tertiary/aromatic N) is 2. The standard InChI is InChI=1S/C15H18N2O6/c1-2-23-15(20)10-5-7-16(8-6-10)13-4-3-11(17(21)22)9-12(13)14(18)19/h3-4,9-10H,2,5-8H2,1H3,(H,18,19). The fraction of sp³-hybridized carbons (Fsp3) is 0.467. The molecular formula is C15H18N2O6. The van der Waals surface area contributed by atoms with E-state index in [4.69, 9.17) is 4.74 Å². The first-order valence-corrected chi connectivity index (χ1v) is 7.37. The normalized spacial score (nSPS) is 15.3. The van der Waals surface area contributed by atoms with E-state index in [0.717, 1.165) is 6.07 Å². The van der Waals surface area contributed by atoms with E-state index in [-0.39, 0.29) is 23.1 Å². The monoisotopic (exact) mass is 322 g/mol. The van der Waals surface area contributed by atoms with Crippen molar-refractivity contribution in [2.24, 2.45) is 5.92 Å². The van der Waals surface area contributed by atoms with Gasteiger partial charge in [0.05, 0.1) is 28.7 Å². The molecule has 0 amide bonds. The number of carboxylic acids is 1. The van der Waals surface area contributed by atoms with Crippen molar-refractivity contribution in [3.8, 4) is 0 Å². The molecule has 124 valence electrons. The second kappa shape index (κ2) is 7.08. The fourth-order valence-corrected chi connectivity index (χ4v) is 2.70. The molecule has 0 spiro atoms. The van der Waals surface area contributed by atoms with Crippen LogP contribution < -0.4 is 4.90 Å². The lowest BCUT2D eigenvalue weighted by Gasteiger charge is -2.33. The van der Waals surface area contributed by atoms with Crippen LogP contribution in [0.1, 0.15) is 30.1 Å². The smallest absolute Gasteiger partial charge is 0.338 e. The van der Waals surface area contributed by atoms with Gasteiger partial charge in [-0.25, -0.2) is 4.79 Å². The van der Waals surface area contributed by atoms with Crippen molar-refractivity contribution in [3.05, 3.63) is 33.9 Å². The minimum absolute atomic E-state index is 0.103. The predicted octanol–water partition coefficient (Wildman–Crippen LogP) is 2.07. The molecule has 1 N–H and O–H groups in total. The number of non-ortho nitro benzene ring substituents is 1. The summed E-state index contributed by atoms with van der Waals surface area (Å²) >= 11 is 0. The maximum absolute atomic E-state index is 11.7. The Morgan fingerprint density at radius 1 is 1.39 bits per heavy atom. The van der Waals surface area contributed by atoms with E-state index in [1.54, 1.807) is 6.92 Å². The largest absolute Gasteiger partial charge is 0.478 e. The van der Waals surface area contributed by atoms with Crippen molar-refractivity contribution in [3.63, 3.8) is 0 Å². The molecular weight excluding hydrogens is 304 g/mol. The van der Waals surface area contributed by atoms with Gasteiger partial charge < -0.3 is 14.7 Å². The number of esters is 1. The van der Waals surface area contributed by atoms with Crippen LogP contribution in [0.3, 0.4) is 0 Å². The van der Waals surface area contributed by atoms with Crippen LogP contribution >= 0.6 is 0 Å². The van der Waals surface area contributed by atoms with E-state index in [2.05, 4.69) is 0 Å². The molecule has 1 heterocycles. The number of rotatable bonds is 5. The maximum Gasteiger partial charge on any atom is 0.338 e. The Morgan fingerprint density at radius 3 is 2.57 bits per heavy atom. The van der Waals surface area contributed by atoms with Crippen LogP contribution in [0.15, 0.2) is 18.2 Å². The highest BCUT2D eigenvalue weighted by molar-refractivity contribution is 5.95. The molecule has 8 nitrogen and oxygen atoms in total. The summed E-state index contributed by atoms with van der Waals surface area (Å²) in [6, 6.07) is 3.81. The van der Waals surface area contributed by atoms with Crippen LogP contribution in [0.25, 0.3) is 0 Å². The lowest BCUT2D eigenvalue weighted by molar-refractivity contribution is -0.384. The molecule has 0 atom stereocenters. The summed E-state index contributed by atoms with van der Waals surface area (Å²) in [5, 5.41) is 20.1. The summed E-state index contributed by atoms with van der Waals surface area (Å²) in [7, 11) is 0. The fourth-order valence-electron chi connectivity index (χ4n) is 2.70. The molecule has 0 saturated carbocycles. The van der Waals surface area contributed by atoms with E-state index >= 15 is 0 Å². The number of hydrogen-bond donors (Lipinski definition) is 1. The molecule has 0 aromatic heterocycles. The number of carboxylic acid groups (broad SMARTS) is 1. The first-order chi connectivity index (χ1) is 10.9. The van der Waals surface area contributed by atoms with E-state index in [0.29, 0.717) is 38.2 Å². The number of ether oxygens (including phenoxy) is 1. The molecule has 1 aliphatic heterocycles. The zero-order chi connectivity index (χ0) is 17.0. The summed E-state index contributed by atoms with van der Waals surface area (Å²) in [6.45, 7) is 3.09. The minimum atomic E-state index is -1.21. The Labute approximate surface area is 132 Å². The van der Waals surface area contributed by atoms with Crippen LogP contribution in [0.4, 0.5) is 11.4 Å². The van der Waals surface area contributed by atoms with Crippen LogP contribution in [0.5, 0.6) is 0 Å². The number of piperidine rings is 1. The number of carbonyl (C=O) groups is 2. The third kappa shape index (κ3) is 3.77. The van der Waals surface area contributed by atoms with E-state index in [1.165, 1.54) is 12.1 Å². The van der Waals surface area contributed by atoms with Gasteiger partial charge in [-0.15, -0.1) is 0 Å². The van der Waals surface area contributed by atoms with Crippen molar-refractivity contribution in [2.75, 3.05) is 24.6 Å². The van der Waals surface area contributed by atoms with Gasteiger partial charge in [0.25, 0.3) is 5.69 Å². The molecule has 1 saturated heterocycles. The Kier molecular flexibility index (Phi) is 5.15. The molecule has 1 aliphatic rings. The Bertz CT molecular complexity index is 622. The zero-order valence-corrected chi connectivity index (χ0v) is 12.7. The summed E-state index contributed by atoms with van der Waals surface area (Å²) in [5.41, 5.74) is 0.0757. The first-order valence-electron chi connectivity index (χ1n) is 7.37. The van der Waals surface area contributed by atoms with Crippen LogP contribution in [-0.4, -0.2) is 41.7 Å². The van der Waals surface area contributed by atoms with Gasteiger partial charge in [0, 0.05) is 25.2 Å². The number of anilines is 1. The van der Waals surface area contributed by atoms with Gasteiger partial charge in [-0.1, -0.05) is 0 Å². The highest BCUT2D eigenvalue weighted by Crippen LogP contribution is 2.29. The Hall–Kier alpha value is -2.64. The summed E-state index contributed by atoms with van der Waals surface area (Å²) < 4.78 is 5.00. The zero-order valence-electron chi connectivity index (χ0n) is 12.7. The molecule has 1 aromatic carbocycles. The summed E-state index contributed by atoms with van der Waals surface area (Å²) in [4.78, 5) is 35.1. The van der Waals surface area contributed by atoms with E-state index in [9.17, 15) is 24.8 Å². The van der Waals surface area contributed by atoms with Gasteiger partial charge in [0.1, 0.15) is 0 Å². The second-order valence-electron chi connectivity index (χ2n) is 5.28. The van der Waals surface area contributed by atoms with Gasteiger partial charge in [-0.3, -0.25) is 14.9 Å². The van der Waals surface area contributed by atoms with Crippen LogP contribution in [0, 0.1) is 16.0 Å². The van der Waals surface area contributed by atoms with Gasteiger partial charge in [-0.2, -0.15) is 0 Å². The lowest BCUT2D eigenvalue weighted by atomic mass is 9.96. The van der Waals surface area contributed by atoms with E-state index < -0.39 is 10.9 Å². The molecule has 2 rings (SSSR count). The molecule has 0 aliphatic carbocycles. The first kappa shape index (κ1) is 16.7. The van der Waals surface area contributed by atoms with Gasteiger partial charge in [0.2, 0.25) is 0 Å².